The fourth-order valence-electron chi connectivity index (χ4n) is 3.36. The second kappa shape index (κ2) is 10.3. The molecule has 34 heavy (non-hydrogen) atoms. The molecule has 0 aliphatic carbocycles. The van der Waals surface area contributed by atoms with Gasteiger partial charge < -0.3 is 9.47 Å². The Morgan fingerprint density at radius 3 is 2.41 bits per heavy atom. The monoisotopic (exact) mass is 512 g/mol. The molecule has 1 saturated heterocycles. The number of ether oxygens (including phenoxy) is 2. The minimum atomic E-state index is -0.601. The van der Waals surface area contributed by atoms with Crippen LogP contribution in [0.25, 0.3) is 6.08 Å². The van der Waals surface area contributed by atoms with Crippen molar-refractivity contribution in [1.82, 2.24) is 5.32 Å². The Morgan fingerprint density at radius 2 is 1.71 bits per heavy atom. The van der Waals surface area contributed by atoms with Gasteiger partial charge in [-0.15, -0.1) is 0 Å². The van der Waals surface area contributed by atoms with E-state index in [1.54, 1.807) is 42.5 Å². The van der Waals surface area contributed by atoms with Crippen LogP contribution in [-0.2, 0) is 16.2 Å². The number of benzene rings is 3. The van der Waals surface area contributed by atoms with E-state index in [2.05, 4.69) is 5.32 Å². The van der Waals surface area contributed by atoms with Gasteiger partial charge >= 0.3 is 0 Å². The summed E-state index contributed by atoms with van der Waals surface area (Å²) in [5, 5.41) is 3.38. The van der Waals surface area contributed by atoms with Crippen LogP contribution in [0.4, 0.5) is 5.69 Å². The molecule has 4 rings (SSSR count). The molecule has 0 aromatic heterocycles. The van der Waals surface area contributed by atoms with E-state index < -0.39 is 11.8 Å². The largest absolute Gasteiger partial charge is 0.493 e. The molecule has 3 aromatic rings. The van der Waals surface area contributed by atoms with Crippen molar-refractivity contribution < 1.29 is 19.1 Å². The third kappa shape index (κ3) is 4.92. The SMILES string of the molecule is COc1cc(/C=C2/C(=O)NC(=S)N(c3ccccc3)C2=O)cc(Cl)c1OCc1ccccc1Cl. The lowest BCUT2D eigenvalue weighted by Gasteiger charge is -2.28. The first-order chi connectivity index (χ1) is 16.4. The van der Waals surface area contributed by atoms with Crippen LogP contribution in [0.1, 0.15) is 11.1 Å². The summed E-state index contributed by atoms with van der Waals surface area (Å²) >= 11 is 17.9. The number of carbonyl (C=O) groups excluding carboxylic acids is 2. The van der Waals surface area contributed by atoms with Gasteiger partial charge in [-0.05, 0) is 54.2 Å². The van der Waals surface area contributed by atoms with Crippen LogP contribution >= 0.6 is 35.4 Å². The van der Waals surface area contributed by atoms with Gasteiger partial charge in [-0.1, -0.05) is 59.6 Å². The highest BCUT2D eigenvalue weighted by atomic mass is 35.5. The average molecular weight is 513 g/mol. The molecule has 0 bridgehead atoms. The Bertz CT molecular complexity index is 1310. The summed E-state index contributed by atoms with van der Waals surface area (Å²) in [6, 6.07) is 19.3. The van der Waals surface area contributed by atoms with Crippen LogP contribution in [0.15, 0.2) is 72.3 Å². The third-order valence-corrected chi connectivity index (χ3v) is 5.94. The molecule has 172 valence electrons. The highest BCUT2D eigenvalue weighted by Gasteiger charge is 2.34. The van der Waals surface area contributed by atoms with Crippen molar-refractivity contribution >= 4 is 64.1 Å². The minimum absolute atomic E-state index is 0.0114. The molecule has 1 N–H and O–H groups in total. The average Bonchev–Trinajstić information content (AvgIpc) is 2.82. The number of hydrogen-bond acceptors (Lipinski definition) is 5. The molecule has 1 aliphatic heterocycles. The molecule has 0 atom stereocenters. The van der Waals surface area contributed by atoms with Crippen LogP contribution in [0.2, 0.25) is 10.0 Å². The summed E-state index contributed by atoms with van der Waals surface area (Å²) < 4.78 is 11.3. The Kier molecular flexibility index (Phi) is 7.17. The highest BCUT2D eigenvalue weighted by Crippen LogP contribution is 2.38. The van der Waals surface area contributed by atoms with E-state index >= 15 is 0 Å². The number of para-hydroxylation sites is 1. The van der Waals surface area contributed by atoms with Gasteiger partial charge in [0.15, 0.2) is 16.6 Å². The van der Waals surface area contributed by atoms with E-state index in [9.17, 15) is 9.59 Å². The van der Waals surface area contributed by atoms with Crippen LogP contribution in [-0.4, -0.2) is 24.0 Å². The number of methoxy groups -OCH3 is 1. The molecule has 1 fully saturated rings. The minimum Gasteiger partial charge on any atom is -0.493 e. The van der Waals surface area contributed by atoms with E-state index in [4.69, 9.17) is 44.9 Å². The van der Waals surface area contributed by atoms with Crippen molar-refractivity contribution in [3.05, 3.63) is 93.5 Å². The second-order valence-corrected chi connectivity index (χ2v) is 8.41. The number of nitrogens with one attached hydrogen (secondary N) is 1. The zero-order chi connectivity index (χ0) is 24.2. The van der Waals surface area contributed by atoms with Crippen LogP contribution in [0.3, 0.4) is 0 Å². The normalized spacial score (nSPS) is 14.9. The first-order valence-electron chi connectivity index (χ1n) is 10.1. The van der Waals surface area contributed by atoms with Crippen molar-refractivity contribution in [3.8, 4) is 11.5 Å². The number of carbonyl (C=O) groups is 2. The maximum absolute atomic E-state index is 13.2. The molecular weight excluding hydrogens is 495 g/mol. The molecule has 1 heterocycles. The summed E-state index contributed by atoms with van der Waals surface area (Å²) in [5.74, 6) is -0.492. The van der Waals surface area contributed by atoms with Crippen molar-refractivity contribution in [2.45, 2.75) is 6.61 Å². The lowest BCUT2D eigenvalue weighted by molar-refractivity contribution is -0.122. The van der Waals surface area contributed by atoms with Crippen molar-refractivity contribution in [3.63, 3.8) is 0 Å². The lowest BCUT2D eigenvalue weighted by Crippen LogP contribution is -2.54. The first kappa shape index (κ1) is 23.8. The van der Waals surface area contributed by atoms with Crippen LogP contribution < -0.4 is 19.7 Å². The smallest absolute Gasteiger partial charge is 0.270 e. The van der Waals surface area contributed by atoms with E-state index in [-0.39, 0.29) is 22.3 Å². The van der Waals surface area contributed by atoms with Gasteiger partial charge in [0.2, 0.25) is 0 Å². The van der Waals surface area contributed by atoms with E-state index in [1.807, 2.05) is 24.3 Å². The Labute approximate surface area is 211 Å². The fraction of sp³-hybridized carbons (Fsp3) is 0.0800. The standard InChI is InChI=1S/C25H18Cl2N2O4S/c1-32-21-13-15(12-20(27)22(21)33-14-16-7-5-6-10-19(16)26)11-18-23(30)28-25(34)29(24(18)31)17-8-3-2-4-9-17/h2-13H,14H2,1H3,(H,28,30,34)/b18-11-. The predicted octanol–water partition coefficient (Wildman–Crippen LogP) is 5.41. The Balaban J connectivity index is 1.65. The Hall–Kier alpha value is -3.39. The topological polar surface area (TPSA) is 67.9 Å². The molecule has 9 heteroatoms. The molecule has 6 nitrogen and oxygen atoms in total. The van der Waals surface area contributed by atoms with Gasteiger partial charge in [0, 0.05) is 10.6 Å². The molecule has 0 unspecified atom stereocenters. The zero-order valence-electron chi connectivity index (χ0n) is 17.9. The maximum Gasteiger partial charge on any atom is 0.270 e. The molecule has 0 saturated carbocycles. The zero-order valence-corrected chi connectivity index (χ0v) is 20.2. The summed E-state index contributed by atoms with van der Waals surface area (Å²) in [7, 11) is 1.47. The van der Waals surface area contributed by atoms with Crippen molar-refractivity contribution in [2.24, 2.45) is 0 Å². The molecule has 1 aliphatic rings. The Morgan fingerprint density at radius 1 is 1.00 bits per heavy atom. The van der Waals surface area contributed by atoms with Gasteiger partial charge in [-0.25, -0.2) is 0 Å². The van der Waals surface area contributed by atoms with Gasteiger partial charge in [-0.2, -0.15) is 0 Å². The number of hydrogen-bond donors (Lipinski definition) is 1. The number of halogens is 2. The lowest BCUT2D eigenvalue weighted by atomic mass is 10.1. The van der Waals surface area contributed by atoms with E-state index in [1.165, 1.54) is 18.1 Å². The van der Waals surface area contributed by atoms with Crippen LogP contribution in [0, 0.1) is 0 Å². The van der Waals surface area contributed by atoms with Crippen molar-refractivity contribution in [1.29, 1.82) is 0 Å². The number of amides is 2. The molecular formula is C25H18Cl2N2O4S. The molecule has 2 amide bonds. The highest BCUT2D eigenvalue weighted by molar-refractivity contribution is 7.80. The van der Waals surface area contributed by atoms with Crippen LogP contribution in [0.5, 0.6) is 11.5 Å². The van der Waals surface area contributed by atoms with Crippen molar-refractivity contribution in [2.75, 3.05) is 12.0 Å². The van der Waals surface area contributed by atoms with Gasteiger partial charge in [-0.3, -0.25) is 19.8 Å². The maximum atomic E-state index is 13.2. The summed E-state index contributed by atoms with van der Waals surface area (Å²) in [6.07, 6.45) is 1.43. The molecule has 0 radical (unpaired) electrons. The van der Waals surface area contributed by atoms with E-state index in [0.29, 0.717) is 27.8 Å². The van der Waals surface area contributed by atoms with Gasteiger partial charge in [0.1, 0.15) is 12.2 Å². The number of rotatable bonds is 6. The third-order valence-electron chi connectivity index (χ3n) is 5.01. The summed E-state index contributed by atoms with van der Waals surface area (Å²) in [5.41, 5.74) is 1.71. The fourth-order valence-corrected chi connectivity index (χ4v) is 4.11. The van der Waals surface area contributed by atoms with Gasteiger partial charge in [0.05, 0.1) is 17.8 Å². The second-order valence-electron chi connectivity index (χ2n) is 7.21. The molecule has 0 spiro atoms. The first-order valence-corrected chi connectivity index (χ1v) is 11.3. The van der Waals surface area contributed by atoms with E-state index in [0.717, 1.165) is 5.56 Å². The van der Waals surface area contributed by atoms with Gasteiger partial charge in [0.25, 0.3) is 11.8 Å². The number of nitrogens with zero attached hydrogens (tertiary/aromatic N) is 1. The summed E-state index contributed by atoms with van der Waals surface area (Å²) in [6.45, 7) is 0.181. The number of thiocarbonyl (C=S) groups is 1. The quantitative estimate of drug-likeness (QED) is 0.271. The summed E-state index contributed by atoms with van der Waals surface area (Å²) in [4.78, 5) is 27.0. The molecule has 3 aromatic carbocycles. The predicted molar refractivity (Wildman–Crippen MR) is 136 cm³/mol. The number of anilines is 1.